The molecule has 0 spiro atoms. The Balaban J connectivity index is 1.36. The molecule has 3 heterocycles. The van der Waals surface area contributed by atoms with E-state index < -0.39 is 0 Å². The maximum atomic E-state index is 6.09. The second-order valence-corrected chi connectivity index (χ2v) is 7.25. The maximum absolute atomic E-state index is 6.09. The van der Waals surface area contributed by atoms with Crippen molar-refractivity contribution in [3.8, 4) is 0 Å². The Kier molecular flexibility index (Phi) is 3.93. The van der Waals surface area contributed by atoms with Crippen LogP contribution in [0.3, 0.4) is 0 Å². The van der Waals surface area contributed by atoms with Crippen LogP contribution in [0, 0.1) is 6.92 Å². The van der Waals surface area contributed by atoms with E-state index in [0.29, 0.717) is 6.04 Å². The van der Waals surface area contributed by atoms with Crippen molar-refractivity contribution in [1.29, 1.82) is 0 Å². The zero-order chi connectivity index (χ0) is 18.2. The largest absolute Gasteiger partial charge is 0.450 e. The van der Waals surface area contributed by atoms with Crippen molar-refractivity contribution >= 4 is 33.6 Å². The zero-order valence-corrected chi connectivity index (χ0v) is 15.4. The maximum Gasteiger partial charge on any atom is 0.196 e. The molecule has 5 rings (SSSR count). The summed E-state index contributed by atoms with van der Waals surface area (Å²) in [4.78, 5) is 11.3. The van der Waals surface area contributed by atoms with E-state index in [1.54, 1.807) is 6.33 Å². The van der Waals surface area contributed by atoms with Crippen molar-refractivity contribution in [1.82, 2.24) is 9.97 Å². The van der Waals surface area contributed by atoms with Crippen LogP contribution in [0.2, 0.25) is 0 Å². The first-order chi connectivity index (χ1) is 13.3. The third kappa shape index (κ3) is 2.99. The van der Waals surface area contributed by atoms with Crippen molar-refractivity contribution in [3.63, 3.8) is 0 Å². The summed E-state index contributed by atoms with van der Waals surface area (Å²) >= 11 is 0. The fraction of sp³-hybridized carbons (Fsp3) is 0.273. The van der Waals surface area contributed by atoms with Gasteiger partial charge in [0.05, 0.1) is 0 Å². The molecule has 2 aromatic heterocycles. The first-order valence-electron chi connectivity index (χ1n) is 9.48. The number of benzene rings is 2. The Labute approximate surface area is 158 Å². The van der Waals surface area contributed by atoms with Crippen LogP contribution in [-0.4, -0.2) is 29.1 Å². The smallest absolute Gasteiger partial charge is 0.196 e. The van der Waals surface area contributed by atoms with Crippen LogP contribution in [0.5, 0.6) is 0 Å². The Hall–Kier alpha value is -3.08. The van der Waals surface area contributed by atoms with Gasteiger partial charge in [-0.05, 0) is 49.6 Å². The fourth-order valence-electron chi connectivity index (χ4n) is 3.94. The third-order valence-electron chi connectivity index (χ3n) is 5.32. The highest BCUT2D eigenvalue weighted by molar-refractivity contribution is 6.05. The van der Waals surface area contributed by atoms with Crippen LogP contribution in [0.25, 0.3) is 22.1 Å². The molecule has 5 nitrogen and oxygen atoms in total. The van der Waals surface area contributed by atoms with E-state index >= 15 is 0 Å². The van der Waals surface area contributed by atoms with Crippen LogP contribution in [0.1, 0.15) is 18.4 Å². The summed E-state index contributed by atoms with van der Waals surface area (Å²) in [5.74, 6) is 0.908. The van der Waals surface area contributed by atoms with Crippen molar-refractivity contribution in [2.45, 2.75) is 25.8 Å². The van der Waals surface area contributed by atoms with Crippen LogP contribution in [0.15, 0.2) is 59.3 Å². The lowest BCUT2D eigenvalue weighted by molar-refractivity contribution is 0.521. The molecular weight excluding hydrogens is 336 g/mol. The Morgan fingerprint density at radius 3 is 2.74 bits per heavy atom. The fourth-order valence-corrected chi connectivity index (χ4v) is 3.94. The number of piperidine rings is 1. The quantitative estimate of drug-likeness (QED) is 0.572. The van der Waals surface area contributed by atoms with Crippen LogP contribution in [0.4, 0.5) is 11.5 Å². The van der Waals surface area contributed by atoms with E-state index in [-0.39, 0.29) is 0 Å². The number of hydrogen-bond donors (Lipinski definition) is 1. The average molecular weight is 358 g/mol. The summed E-state index contributed by atoms with van der Waals surface area (Å²) in [5.41, 5.74) is 5.05. The van der Waals surface area contributed by atoms with Gasteiger partial charge in [0, 0.05) is 30.2 Å². The van der Waals surface area contributed by atoms with Crippen molar-refractivity contribution in [2.24, 2.45) is 0 Å². The van der Waals surface area contributed by atoms with Gasteiger partial charge in [-0.25, -0.2) is 9.97 Å². The molecule has 0 radical (unpaired) electrons. The van der Waals surface area contributed by atoms with Crippen LogP contribution in [-0.2, 0) is 0 Å². The predicted octanol–water partition coefficient (Wildman–Crippen LogP) is 4.77. The molecule has 5 heteroatoms. The third-order valence-corrected chi connectivity index (χ3v) is 5.32. The second kappa shape index (κ2) is 6.58. The van der Waals surface area contributed by atoms with Gasteiger partial charge in [-0.3, -0.25) is 0 Å². The molecule has 136 valence electrons. The number of para-hydroxylation sites is 1. The second-order valence-electron chi connectivity index (χ2n) is 7.25. The molecule has 1 aliphatic heterocycles. The lowest BCUT2D eigenvalue weighted by atomic mass is 10.0. The van der Waals surface area contributed by atoms with Gasteiger partial charge in [0.2, 0.25) is 0 Å². The Morgan fingerprint density at radius 1 is 1.04 bits per heavy atom. The number of aromatic nitrogens is 2. The molecule has 1 aliphatic rings. The Bertz CT molecular complexity index is 1100. The van der Waals surface area contributed by atoms with E-state index in [0.717, 1.165) is 53.8 Å². The molecule has 1 saturated heterocycles. The molecule has 0 atom stereocenters. The van der Waals surface area contributed by atoms with Crippen molar-refractivity contribution in [2.75, 3.05) is 23.3 Å². The Morgan fingerprint density at radius 2 is 1.89 bits per heavy atom. The number of rotatable bonds is 3. The summed E-state index contributed by atoms with van der Waals surface area (Å²) in [6, 6.07) is 17.1. The predicted molar refractivity (Wildman–Crippen MR) is 109 cm³/mol. The van der Waals surface area contributed by atoms with E-state index in [4.69, 9.17) is 4.42 Å². The highest BCUT2D eigenvalue weighted by atomic mass is 16.3. The lowest BCUT2D eigenvalue weighted by Gasteiger charge is -2.33. The van der Waals surface area contributed by atoms with Gasteiger partial charge in [0.1, 0.15) is 17.4 Å². The first kappa shape index (κ1) is 16.1. The van der Waals surface area contributed by atoms with Gasteiger partial charge < -0.3 is 14.6 Å². The van der Waals surface area contributed by atoms with E-state index in [2.05, 4.69) is 57.4 Å². The standard InChI is InChI=1S/C22H22N4O/c1-15-5-4-6-17(13-15)25-16-9-11-26(12-10-16)22-21-20(23-14-24-22)18-7-2-3-8-19(18)27-21/h2-8,13-14,16,25H,9-12H2,1H3. The molecular formula is C22H22N4O. The number of furan rings is 1. The van der Waals surface area contributed by atoms with Gasteiger partial charge in [-0.2, -0.15) is 0 Å². The van der Waals surface area contributed by atoms with Gasteiger partial charge in [0.25, 0.3) is 0 Å². The SMILES string of the molecule is Cc1cccc(NC2CCN(c3ncnc4c3oc3ccccc34)CC2)c1. The van der Waals surface area contributed by atoms with E-state index in [1.165, 1.54) is 11.3 Å². The zero-order valence-electron chi connectivity index (χ0n) is 15.4. The molecule has 0 aliphatic carbocycles. The average Bonchev–Trinajstić information content (AvgIpc) is 3.08. The number of nitrogens with zero attached hydrogens (tertiary/aromatic N) is 3. The van der Waals surface area contributed by atoms with E-state index in [9.17, 15) is 0 Å². The lowest BCUT2D eigenvalue weighted by Crippen LogP contribution is -2.39. The number of anilines is 2. The number of fused-ring (bicyclic) bond motifs is 3. The normalized spacial score (nSPS) is 15.5. The van der Waals surface area contributed by atoms with Crippen molar-refractivity contribution in [3.05, 3.63) is 60.4 Å². The summed E-state index contributed by atoms with van der Waals surface area (Å²) in [6.07, 6.45) is 3.79. The summed E-state index contributed by atoms with van der Waals surface area (Å²) in [6.45, 7) is 4.03. The molecule has 0 bridgehead atoms. The van der Waals surface area contributed by atoms with Gasteiger partial charge in [0.15, 0.2) is 11.4 Å². The minimum absolute atomic E-state index is 0.482. The molecule has 27 heavy (non-hydrogen) atoms. The summed E-state index contributed by atoms with van der Waals surface area (Å²) in [5, 5.41) is 4.72. The molecule has 1 N–H and O–H groups in total. The highest BCUT2D eigenvalue weighted by Crippen LogP contribution is 2.33. The summed E-state index contributed by atoms with van der Waals surface area (Å²) < 4.78 is 6.09. The number of aryl methyl sites for hydroxylation is 1. The monoisotopic (exact) mass is 358 g/mol. The van der Waals surface area contributed by atoms with Crippen LogP contribution < -0.4 is 10.2 Å². The number of hydrogen-bond acceptors (Lipinski definition) is 5. The molecule has 1 fully saturated rings. The molecule has 4 aromatic rings. The molecule has 0 saturated carbocycles. The van der Waals surface area contributed by atoms with E-state index in [1.807, 2.05) is 18.2 Å². The molecule has 0 unspecified atom stereocenters. The van der Waals surface area contributed by atoms with Gasteiger partial charge in [-0.1, -0.05) is 24.3 Å². The van der Waals surface area contributed by atoms with Gasteiger partial charge >= 0.3 is 0 Å². The minimum Gasteiger partial charge on any atom is -0.450 e. The highest BCUT2D eigenvalue weighted by Gasteiger charge is 2.23. The first-order valence-corrected chi connectivity index (χ1v) is 9.48. The summed E-state index contributed by atoms with van der Waals surface area (Å²) in [7, 11) is 0. The topological polar surface area (TPSA) is 54.2 Å². The van der Waals surface area contributed by atoms with Crippen molar-refractivity contribution < 1.29 is 4.42 Å². The number of nitrogens with one attached hydrogen (secondary N) is 1. The molecule has 2 aromatic carbocycles. The van der Waals surface area contributed by atoms with Crippen LogP contribution >= 0.6 is 0 Å². The molecule has 0 amide bonds. The minimum atomic E-state index is 0.482. The van der Waals surface area contributed by atoms with Gasteiger partial charge in [-0.15, -0.1) is 0 Å².